The first-order valence-corrected chi connectivity index (χ1v) is 4.40. The molecule has 76 valence electrons. The van der Waals surface area contributed by atoms with Crippen LogP contribution >= 0.6 is 34.8 Å². The van der Waals surface area contributed by atoms with Crippen LogP contribution in [0.4, 0.5) is 8.78 Å². The van der Waals surface area contributed by atoms with Gasteiger partial charge in [0.25, 0.3) is 11.7 Å². The highest BCUT2D eigenvalue weighted by Crippen LogP contribution is 2.30. The van der Waals surface area contributed by atoms with Crippen LogP contribution < -0.4 is 0 Å². The summed E-state index contributed by atoms with van der Waals surface area (Å²) >= 11 is 16.0. The number of hydrogen-bond acceptors (Lipinski definition) is 2. The van der Waals surface area contributed by atoms with E-state index >= 15 is 0 Å². The zero-order valence-electron chi connectivity index (χ0n) is 6.40. The summed E-state index contributed by atoms with van der Waals surface area (Å²) in [6.45, 7) is 0. The third kappa shape index (κ3) is 2.32. The molecular weight excluding hydrogens is 258 g/mol. The molecule has 0 radical (unpaired) electrons. The van der Waals surface area contributed by atoms with E-state index in [0.717, 1.165) is 6.07 Å². The number of alkyl halides is 2. The van der Waals surface area contributed by atoms with Crippen LogP contribution in [0.3, 0.4) is 0 Å². The van der Waals surface area contributed by atoms with Crippen molar-refractivity contribution in [3.05, 3.63) is 27.5 Å². The largest absolute Gasteiger partial charge is 0.281 e. The van der Waals surface area contributed by atoms with Crippen LogP contribution in [0.15, 0.2) is 6.07 Å². The second-order valence-electron chi connectivity index (χ2n) is 2.27. The lowest BCUT2D eigenvalue weighted by molar-refractivity contribution is 0.108. The fourth-order valence-electron chi connectivity index (χ4n) is 0.804. The van der Waals surface area contributed by atoms with Crippen LogP contribution in [0.5, 0.6) is 0 Å². The fraction of sp³-hybridized carbons (Fsp3) is 0.143. The molecular formula is C7H2Cl3F2NO. The molecule has 0 aliphatic carbocycles. The summed E-state index contributed by atoms with van der Waals surface area (Å²) in [5.41, 5.74) is -1.02. The molecule has 0 aliphatic heterocycles. The molecule has 7 heteroatoms. The van der Waals surface area contributed by atoms with Crippen molar-refractivity contribution in [1.29, 1.82) is 0 Å². The molecule has 0 saturated carbocycles. The van der Waals surface area contributed by atoms with Crippen LogP contribution in [0.1, 0.15) is 22.5 Å². The van der Waals surface area contributed by atoms with Gasteiger partial charge in [-0.25, -0.2) is 13.8 Å². The number of carbonyl (C=O) groups excluding carboxylic acids is 1. The smallest absolute Gasteiger partial charge is 0.276 e. The maximum Gasteiger partial charge on any atom is 0.281 e. The Labute approximate surface area is 92.8 Å². The quantitative estimate of drug-likeness (QED) is 0.599. The van der Waals surface area contributed by atoms with Crippen LogP contribution in [0, 0.1) is 0 Å². The molecule has 0 unspecified atom stereocenters. The summed E-state index contributed by atoms with van der Waals surface area (Å²) < 4.78 is 24.6. The van der Waals surface area contributed by atoms with Gasteiger partial charge in [0, 0.05) is 0 Å². The number of aromatic nitrogens is 1. The number of halogens is 5. The van der Waals surface area contributed by atoms with Gasteiger partial charge in [0.15, 0.2) is 0 Å². The third-order valence-electron chi connectivity index (χ3n) is 1.37. The number of nitrogens with zero attached hydrogens (tertiary/aromatic N) is 1. The molecule has 0 aromatic carbocycles. The van der Waals surface area contributed by atoms with Crippen molar-refractivity contribution in [3.63, 3.8) is 0 Å². The van der Waals surface area contributed by atoms with E-state index in [1.807, 2.05) is 0 Å². The first-order valence-electron chi connectivity index (χ1n) is 3.27. The summed E-state index contributed by atoms with van der Waals surface area (Å²) in [4.78, 5) is 14.0. The van der Waals surface area contributed by atoms with E-state index in [1.54, 1.807) is 0 Å². The van der Waals surface area contributed by atoms with E-state index in [0.29, 0.717) is 0 Å². The zero-order valence-corrected chi connectivity index (χ0v) is 8.67. The molecule has 0 amide bonds. The van der Waals surface area contributed by atoms with Gasteiger partial charge in [-0.3, -0.25) is 4.79 Å². The minimum absolute atomic E-state index is 0.256. The Morgan fingerprint density at radius 1 is 1.43 bits per heavy atom. The van der Waals surface area contributed by atoms with E-state index in [-0.39, 0.29) is 10.7 Å². The van der Waals surface area contributed by atoms with Gasteiger partial charge in [0.2, 0.25) is 0 Å². The average molecular weight is 260 g/mol. The molecule has 0 saturated heterocycles. The van der Waals surface area contributed by atoms with Crippen LogP contribution in [-0.4, -0.2) is 10.2 Å². The Bertz CT molecular complexity index is 383. The normalized spacial score (nSPS) is 10.7. The Hall–Kier alpha value is -0.450. The predicted molar refractivity (Wildman–Crippen MR) is 49.4 cm³/mol. The molecule has 0 N–H and O–H groups in total. The summed E-state index contributed by atoms with van der Waals surface area (Å²) in [6.07, 6.45) is -2.91. The lowest BCUT2D eigenvalue weighted by atomic mass is 10.2. The van der Waals surface area contributed by atoms with Crippen molar-refractivity contribution in [1.82, 2.24) is 4.98 Å². The Morgan fingerprint density at radius 3 is 2.43 bits per heavy atom. The molecule has 1 rings (SSSR count). The topological polar surface area (TPSA) is 30.0 Å². The molecule has 1 aromatic rings. The van der Waals surface area contributed by atoms with E-state index < -0.39 is 22.4 Å². The van der Waals surface area contributed by atoms with E-state index in [2.05, 4.69) is 4.98 Å². The summed E-state index contributed by atoms with van der Waals surface area (Å²) in [7, 11) is 0. The van der Waals surface area contributed by atoms with E-state index in [1.165, 1.54) is 0 Å². The lowest BCUT2D eigenvalue weighted by Gasteiger charge is -2.05. The highest BCUT2D eigenvalue weighted by Gasteiger charge is 2.20. The van der Waals surface area contributed by atoms with Gasteiger partial charge in [-0.15, -0.1) is 0 Å². The molecule has 1 heterocycles. The van der Waals surface area contributed by atoms with Gasteiger partial charge in [-0.1, -0.05) is 23.2 Å². The molecule has 0 atom stereocenters. The SMILES string of the molecule is O=C(Cl)c1cc(Cl)nc(C(F)F)c1Cl. The molecule has 0 bridgehead atoms. The van der Waals surface area contributed by atoms with E-state index in [4.69, 9.17) is 34.8 Å². The molecule has 2 nitrogen and oxygen atoms in total. The van der Waals surface area contributed by atoms with Gasteiger partial charge in [0.05, 0.1) is 10.6 Å². The number of pyridine rings is 1. The van der Waals surface area contributed by atoms with Crippen LogP contribution in [0.2, 0.25) is 10.2 Å². The van der Waals surface area contributed by atoms with Gasteiger partial charge in [0.1, 0.15) is 10.8 Å². The first-order chi connectivity index (χ1) is 6.43. The number of hydrogen-bond donors (Lipinski definition) is 0. The van der Waals surface area contributed by atoms with Crippen molar-refractivity contribution in [2.24, 2.45) is 0 Å². The highest BCUT2D eigenvalue weighted by molar-refractivity contribution is 6.68. The second-order valence-corrected chi connectivity index (χ2v) is 3.37. The average Bonchev–Trinajstić information content (AvgIpc) is 2.07. The molecule has 0 fully saturated rings. The van der Waals surface area contributed by atoms with Crippen LogP contribution in [0.25, 0.3) is 0 Å². The molecule has 14 heavy (non-hydrogen) atoms. The van der Waals surface area contributed by atoms with Crippen LogP contribution in [-0.2, 0) is 0 Å². The molecule has 1 aromatic heterocycles. The van der Waals surface area contributed by atoms with Gasteiger partial charge >= 0.3 is 0 Å². The minimum Gasteiger partial charge on any atom is -0.276 e. The summed E-state index contributed by atoms with van der Waals surface area (Å²) in [5.74, 6) is 0. The maximum atomic E-state index is 12.3. The van der Waals surface area contributed by atoms with Crippen molar-refractivity contribution in [2.75, 3.05) is 0 Å². The van der Waals surface area contributed by atoms with Crippen molar-refractivity contribution in [3.8, 4) is 0 Å². The van der Waals surface area contributed by atoms with Crippen molar-refractivity contribution >= 4 is 40.0 Å². The van der Waals surface area contributed by atoms with E-state index in [9.17, 15) is 13.6 Å². The summed E-state index contributed by atoms with van der Waals surface area (Å²) in [5, 5.41) is -1.68. The second kappa shape index (κ2) is 4.38. The first kappa shape index (κ1) is 11.6. The lowest BCUT2D eigenvalue weighted by Crippen LogP contribution is -1.99. The molecule has 0 aliphatic rings. The summed E-state index contributed by atoms with van der Waals surface area (Å²) in [6, 6.07) is 1.03. The van der Waals surface area contributed by atoms with Crippen molar-refractivity contribution in [2.45, 2.75) is 6.43 Å². The fourth-order valence-corrected chi connectivity index (χ4v) is 1.47. The van der Waals surface area contributed by atoms with Gasteiger partial charge in [-0.05, 0) is 17.7 Å². The van der Waals surface area contributed by atoms with Gasteiger partial charge < -0.3 is 0 Å². The highest BCUT2D eigenvalue weighted by atomic mass is 35.5. The Balaban J connectivity index is 3.40. The minimum atomic E-state index is -2.91. The Morgan fingerprint density at radius 2 is 2.00 bits per heavy atom. The molecule has 0 spiro atoms. The monoisotopic (exact) mass is 259 g/mol. The maximum absolute atomic E-state index is 12.3. The Kier molecular flexibility index (Phi) is 3.64. The predicted octanol–water partition coefficient (Wildman–Crippen LogP) is 3.71. The standard InChI is InChI=1S/C7H2Cl3F2NO/c8-3-1-2(6(10)14)4(9)5(13-3)7(11)12/h1,7H. The number of carbonyl (C=O) groups is 1. The zero-order chi connectivity index (χ0) is 10.9. The third-order valence-corrected chi connectivity index (χ3v) is 2.16. The van der Waals surface area contributed by atoms with Crippen molar-refractivity contribution < 1.29 is 13.6 Å². The number of rotatable bonds is 2. The van der Waals surface area contributed by atoms with Gasteiger partial charge in [-0.2, -0.15) is 0 Å².